The van der Waals surface area contributed by atoms with Gasteiger partial charge < -0.3 is 5.32 Å². The van der Waals surface area contributed by atoms with Gasteiger partial charge in [-0.15, -0.1) is 11.3 Å². The molecule has 1 aromatic rings. The predicted octanol–water partition coefficient (Wildman–Crippen LogP) is 1.48. The quantitative estimate of drug-likeness (QED) is 0.860. The highest BCUT2D eigenvalue weighted by Gasteiger charge is 2.20. The van der Waals surface area contributed by atoms with Crippen LogP contribution >= 0.6 is 11.3 Å². The predicted molar refractivity (Wildman–Crippen MR) is 72.2 cm³/mol. The van der Waals surface area contributed by atoms with Gasteiger partial charge >= 0.3 is 0 Å². The van der Waals surface area contributed by atoms with E-state index in [0.717, 1.165) is 17.8 Å². The highest BCUT2D eigenvalue weighted by molar-refractivity contribution is 7.91. The molecule has 0 saturated heterocycles. The van der Waals surface area contributed by atoms with Gasteiger partial charge in [-0.25, -0.2) is 13.6 Å². The summed E-state index contributed by atoms with van der Waals surface area (Å²) in [5.74, 6) is 0.258. The van der Waals surface area contributed by atoms with Crippen LogP contribution in [0.1, 0.15) is 36.2 Å². The number of thiophene rings is 1. The van der Waals surface area contributed by atoms with E-state index in [0.29, 0.717) is 23.6 Å². The Bertz CT molecular complexity index is 532. The van der Waals surface area contributed by atoms with Gasteiger partial charge in [0.2, 0.25) is 10.0 Å². The monoisotopic (exact) mass is 290 g/mol. The van der Waals surface area contributed by atoms with Crippen molar-refractivity contribution in [3.63, 3.8) is 0 Å². The molecule has 1 heterocycles. The molecule has 1 rings (SSSR count). The third kappa shape index (κ3) is 3.79. The fraction of sp³-hybridized carbons (Fsp3) is 0.545. The zero-order valence-electron chi connectivity index (χ0n) is 10.7. The number of carbonyl (C=O) groups is 1. The van der Waals surface area contributed by atoms with Gasteiger partial charge in [-0.2, -0.15) is 0 Å². The van der Waals surface area contributed by atoms with Gasteiger partial charge in [-0.1, -0.05) is 13.8 Å². The minimum atomic E-state index is -3.74. The maximum atomic E-state index is 11.8. The van der Waals surface area contributed by atoms with E-state index in [1.165, 1.54) is 5.38 Å². The first-order valence-electron chi connectivity index (χ1n) is 5.62. The number of hydrogen-bond acceptors (Lipinski definition) is 4. The fourth-order valence-electron chi connectivity index (χ4n) is 1.47. The summed E-state index contributed by atoms with van der Waals surface area (Å²) in [5, 5.41) is 9.36. The van der Waals surface area contributed by atoms with Crippen molar-refractivity contribution in [1.29, 1.82) is 0 Å². The number of nitrogens with one attached hydrogen (secondary N) is 1. The van der Waals surface area contributed by atoms with Crippen LogP contribution in [0.4, 0.5) is 0 Å². The first-order chi connectivity index (χ1) is 8.23. The Morgan fingerprint density at radius 3 is 2.56 bits per heavy atom. The molecule has 0 spiro atoms. The summed E-state index contributed by atoms with van der Waals surface area (Å²) in [7, 11) is -3.74. The third-order valence-corrected chi connectivity index (χ3v) is 5.19. The topological polar surface area (TPSA) is 89.3 Å². The molecule has 102 valence electrons. The summed E-state index contributed by atoms with van der Waals surface area (Å²) in [6.07, 6.45) is 0.886. The van der Waals surface area contributed by atoms with Gasteiger partial charge in [-0.05, 0) is 24.8 Å². The highest BCUT2D eigenvalue weighted by atomic mass is 32.2. The number of carbonyl (C=O) groups excluding carboxylic acids is 1. The second-order valence-corrected chi connectivity index (χ2v) is 7.18. The van der Waals surface area contributed by atoms with E-state index in [9.17, 15) is 13.2 Å². The van der Waals surface area contributed by atoms with Crippen LogP contribution < -0.4 is 10.5 Å². The van der Waals surface area contributed by atoms with Crippen LogP contribution in [-0.2, 0) is 10.0 Å². The Hall–Kier alpha value is -0.920. The second kappa shape index (κ2) is 5.81. The molecule has 0 unspecified atom stereocenters. The van der Waals surface area contributed by atoms with Crippen molar-refractivity contribution in [2.24, 2.45) is 11.1 Å². The third-order valence-electron chi connectivity index (χ3n) is 2.50. The van der Waals surface area contributed by atoms with Crippen molar-refractivity contribution < 1.29 is 13.2 Å². The van der Waals surface area contributed by atoms with Gasteiger partial charge in [0.05, 0.1) is 5.56 Å². The van der Waals surface area contributed by atoms with Crippen molar-refractivity contribution >= 4 is 27.3 Å². The maximum Gasteiger partial charge on any atom is 0.252 e. The number of nitrogens with two attached hydrogens (primary N) is 1. The lowest BCUT2D eigenvalue weighted by Crippen LogP contribution is -2.25. The SMILES string of the molecule is Cc1c(C(=O)NCCC(C)C)csc1S(N)(=O)=O. The second-order valence-electron chi connectivity index (χ2n) is 4.55. The molecule has 0 radical (unpaired) electrons. The largest absolute Gasteiger partial charge is 0.352 e. The molecule has 7 heteroatoms. The van der Waals surface area contributed by atoms with Crippen LogP contribution in [0.5, 0.6) is 0 Å². The number of hydrogen-bond donors (Lipinski definition) is 2. The molecule has 1 amide bonds. The summed E-state index contributed by atoms with van der Waals surface area (Å²) in [6.45, 7) is 6.31. The fourth-order valence-corrected chi connectivity index (χ4v) is 3.49. The standard InChI is InChI=1S/C11H18N2O3S2/c1-7(2)4-5-13-10(14)9-6-17-11(8(9)3)18(12,15)16/h6-7H,4-5H2,1-3H3,(H,13,14)(H2,12,15,16). The van der Waals surface area contributed by atoms with Crippen LogP contribution in [0, 0.1) is 12.8 Å². The molecule has 0 aliphatic carbocycles. The normalized spacial score (nSPS) is 11.8. The summed E-state index contributed by atoms with van der Waals surface area (Å²) < 4.78 is 22.6. The van der Waals surface area contributed by atoms with E-state index in [4.69, 9.17) is 5.14 Å². The Balaban J connectivity index is 2.79. The molecular weight excluding hydrogens is 272 g/mol. The highest BCUT2D eigenvalue weighted by Crippen LogP contribution is 2.25. The maximum absolute atomic E-state index is 11.8. The van der Waals surface area contributed by atoms with Crippen molar-refractivity contribution in [2.45, 2.75) is 31.4 Å². The minimum absolute atomic E-state index is 0.0523. The average molecular weight is 290 g/mol. The van der Waals surface area contributed by atoms with Crippen molar-refractivity contribution in [3.05, 3.63) is 16.5 Å². The Kier molecular flexibility index (Phi) is 4.89. The molecule has 0 saturated carbocycles. The molecule has 0 atom stereocenters. The van der Waals surface area contributed by atoms with Crippen LogP contribution in [0.3, 0.4) is 0 Å². The molecule has 0 bridgehead atoms. The molecule has 0 aliphatic rings. The molecular formula is C11H18N2O3S2. The van der Waals surface area contributed by atoms with Gasteiger partial charge in [0.1, 0.15) is 4.21 Å². The number of primary sulfonamides is 1. The molecule has 5 nitrogen and oxygen atoms in total. The smallest absolute Gasteiger partial charge is 0.252 e. The zero-order valence-corrected chi connectivity index (χ0v) is 12.3. The summed E-state index contributed by atoms with van der Waals surface area (Å²) >= 11 is 0.977. The lowest BCUT2D eigenvalue weighted by atomic mass is 10.1. The van der Waals surface area contributed by atoms with Crippen LogP contribution in [0.15, 0.2) is 9.59 Å². The molecule has 18 heavy (non-hydrogen) atoms. The Labute approximate surface area is 111 Å². The number of rotatable bonds is 5. The van der Waals surface area contributed by atoms with Gasteiger partial charge in [0.15, 0.2) is 0 Å². The number of amides is 1. The van der Waals surface area contributed by atoms with E-state index in [2.05, 4.69) is 19.2 Å². The van der Waals surface area contributed by atoms with E-state index in [-0.39, 0.29) is 10.1 Å². The Morgan fingerprint density at radius 2 is 2.11 bits per heavy atom. The molecule has 1 aromatic heterocycles. The summed E-state index contributed by atoms with van der Waals surface area (Å²) in [4.78, 5) is 11.8. The first kappa shape index (κ1) is 15.1. The van der Waals surface area contributed by atoms with E-state index in [1.807, 2.05) is 0 Å². The summed E-state index contributed by atoms with van der Waals surface area (Å²) in [5.41, 5.74) is 0.803. The van der Waals surface area contributed by atoms with Gasteiger partial charge in [0, 0.05) is 11.9 Å². The van der Waals surface area contributed by atoms with Crippen molar-refractivity contribution in [3.8, 4) is 0 Å². The van der Waals surface area contributed by atoms with E-state index in [1.54, 1.807) is 6.92 Å². The van der Waals surface area contributed by atoms with Crippen LogP contribution in [0.2, 0.25) is 0 Å². The molecule has 0 fully saturated rings. The minimum Gasteiger partial charge on any atom is -0.352 e. The average Bonchev–Trinajstić information content (AvgIpc) is 2.58. The van der Waals surface area contributed by atoms with Crippen molar-refractivity contribution in [1.82, 2.24) is 5.32 Å². The van der Waals surface area contributed by atoms with Gasteiger partial charge in [-0.3, -0.25) is 4.79 Å². The van der Waals surface area contributed by atoms with E-state index >= 15 is 0 Å². The van der Waals surface area contributed by atoms with Gasteiger partial charge in [0.25, 0.3) is 5.91 Å². The van der Waals surface area contributed by atoms with Crippen LogP contribution in [0.25, 0.3) is 0 Å². The van der Waals surface area contributed by atoms with E-state index < -0.39 is 10.0 Å². The molecule has 3 N–H and O–H groups in total. The first-order valence-corrected chi connectivity index (χ1v) is 8.05. The zero-order chi connectivity index (χ0) is 13.9. The lowest BCUT2D eigenvalue weighted by Gasteiger charge is -2.07. The van der Waals surface area contributed by atoms with Crippen molar-refractivity contribution in [2.75, 3.05) is 6.54 Å². The molecule has 0 aromatic carbocycles. The summed E-state index contributed by atoms with van der Waals surface area (Å²) in [6, 6.07) is 0. The van der Waals surface area contributed by atoms with Crippen LogP contribution in [-0.4, -0.2) is 20.9 Å². The molecule has 0 aliphatic heterocycles. The number of sulfonamides is 1. The lowest BCUT2D eigenvalue weighted by molar-refractivity contribution is 0.0951. The Morgan fingerprint density at radius 1 is 1.50 bits per heavy atom.